The van der Waals surface area contributed by atoms with Gasteiger partial charge in [-0.25, -0.2) is 4.98 Å². The van der Waals surface area contributed by atoms with Crippen LogP contribution in [-0.4, -0.2) is 44.5 Å². The summed E-state index contributed by atoms with van der Waals surface area (Å²) in [5.41, 5.74) is 3.34. The van der Waals surface area contributed by atoms with Crippen molar-refractivity contribution in [1.82, 2.24) is 30.1 Å². The molecule has 0 saturated carbocycles. The van der Waals surface area contributed by atoms with Gasteiger partial charge >= 0.3 is 25.7 Å². The molecule has 0 unspecified atom stereocenters. The summed E-state index contributed by atoms with van der Waals surface area (Å²) in [7, 11) is 0. The number of alkyl halides is 3. The maximum atomic E-state index is 12.6. The first-order chi connectivity index (χ1) is 23.7. The van der Waals surface area contributed by atoms with E-state index in [4.69, 9.17) is 14.2 Å². The number of halogens is 3. The van der Waals surface area contributed by atoms with Crippen LogP contribution >= 0.6 is 0 Å². The van der Waals surface area contributed by atoms with E-state index < -0.39 is 11.9 Å². The molecule has 6 aromatic rings. The Morgan fingerprint density at radius 2 is 1.22 bits per heavy atom. The van der Waals surface area contributed by atoms with Gasteiger partial charge in [0, 0.05) is 42.4 Å². The Bertz CT molecular complexity index is 2020. The van der Waals surface area contributed by atoms with Gasteiger partial charge in [-0.2, -0.15) is 13.2 Å². The minimum Gasteiger partial charge on any atom is -0.573 e. The third-order valence-corrected chi connectivity index (χ3v) is 6.42. The first-order valence-electron chi connectivity index (χ1n) is 14.0. The zero-order valence-corrected chi connectivity index (χ0v) is 27.3. The van der Waals surface area contributed by atoms with Crippen molar-refractivity contribution >= 4 is 19.4 Å². The smallest absolute Gasteiger partial charge is 0.573 e. The predicted octanol–water partition coefficient (Wildman–Crippen LogP) is 5.70. The fraction of sp³-hybridized carbons (Fsp3) is 0.0588. The van der Waals surface area contributed by atoms with E-state index in [-0.39, 0.29) is 48.9 Å². The van der Waals surface area contributed by atoms with Crippen LogP contribution < -0.4 is 19.3 Å². The van der Waals surface area contributed by atoms with Gasteiger partial charge in [0.25, 0.3) is 19.4 Å². The van der Waals surface area contributed by atoms with E-state index in [1.807, 2.05) is 25.1 Å². The van der Waals surface area contributed by atoms with Gasteiger partial charge in [-0.05, 0) is 30.0 Å². The molecule has 1 aromatic carbocycles. The Morgan fingerprint density at radius 3 is 1.74 bits per heavy atom. The van der Waals surface area contributed by atoms with Crippen molar-refractivity contribution in [1.29, 1.82) is 0 Å². The summed E-state index contributed by atoms with van der Waals surface area (Å²) in [6, 6.07) is 23.7. The molecule has 0 aliphatic carbocycles. The maximum absolute atomic E-state index is 12.6. The molecule has 12 nitrogen and oxygen atoms in total. The van der Waals surface area contributed by atoms with E-state index in [0.29, 0.717) is 47.1 Å². The molecule has 5 aromatic heterocycles. The summed E-state index contributed by atoms with van der Waals surface area (Å²) in [5, 5.41) is 6.71. The maximum Gasteiger partial charge on any atom is 2.00 e. The van der Waals surface area contributed by atoms with E-state index >= 15 is 0 Å². The largest absolute Gasteiger partial charge is 2.00 e. The molecule has 0 bridgehead atoms. The zero-order chi connectivity index (χ0) is 34.8. The van der Waals surface area contributed by atoms with Crippen molar-refractivity contribution in [3.63, 3.8) is 0 Å². The average molecular weight is 768 g/mol. The number of aromatic nitrogens is 6. The Labute approximate surface area is 294 Å². The molecular weight excluding hydrogens is 746 g/mol. The molecule has 0 aliphatic heterocycles. The van der Waals surface area contributed by atoms with Gasteiger partial charge in [0.1, 0.15) is 22.9 Å². The Hall–Kier alpha value is -6.15. The van der Waals surface area contributed by atoms with E-state index in [1.54, 1.807) is 18.2 Å². The molecule has 6 rings (SSSR count). The SMILES string of the molecule is Cc1c[c-]c(-c2cccc(-c3cc(C(F)(F)F)n[n-]3)n2)cc1.O=COc1ccnc(-c2cc(OC=O)cc(-c3cc(OC=O)ccn3)n2)c1.[Ru+2]. The molecule has 0 fully saturated rings. The third kappa shape index (κ3) is 9.48. The van der Waals surface area contributed by atoms with Gasteiger partial charge in [0.05, 0.1) is 22.8 Å². The van der Waals surface area contributed by atoms with Crippen molar-refractivity contribution in [2.75, 3.05) is 0 Å². The quantitative estimate of drug-likeness (QED) is 0.0953. The number of carbonyl (C=O) groups is 3. The number of ether oxygens (including phenoxy) is 3. The normalized spacial score (nSPS) is 10.5. The molecule has 16 heteroatoms. The number of nitrogens with zero attached hydrogens (tertiary/aromatic N) is 6. The molecule has 0 saturated heterocycles. The molecule has 50 heavy (non-hydrogen) atoms. The molecule has 0 radical (unpaired) electrons. The molecule has 252 valence electrons. The fourth-order valence-corrected chi connectivity index (χ4v) is 4.20. The van der Waals surface area contributed by atoms with Gasteiger partial charge in [-0.3, -0.25) is 29.3 Å². The Morgan fingerprint density at radius 1 is 0.680 bits per heavy atom. The first kappa shape index (κ1) is 36.7. The summed E-state index contributed by atoms with van der Waals surface area (Å²) >= 11 is 0. The van der Waals surface area contributed by atoms with Crippen molar-refractivity contribution in [3.8, 4) is 62.7 Å². The van der Waals surface area contributed by atoms with Crippen molar-refractivity contribution in [2.45, 2.75) is 13.1 Å². The Balaban J connectivity index is 0.000000225. The summed E-state index contributed by atoms with van der Waals surface area (Å²) in [4.78, 5) is 49.0. The Kier molecular flexibility index (Phi) is 12.3. The second-order valence-corrected chi connectivity index (χ2v) is 9.77. The van der Waals surface area contributed by atoms with E-state index in [1.165, 1.54) is 48.8 Å². The van der Waals surface area contributed by atoms with Gasteiger partial charge < -0.3 is 24.4 Å². The molecule has 0 N–H and O–H groups in total. The molecule has 5 heterocycles. The number of carbonyl (C=O) groups excluding carboxylic acids is 3. The molecule has 0 amide bonds. The van der Waals surface area contributed by atoms with E-state index in [9.17, 15) is 27.6 Å². The number of benzene rings is 1. The summed E-state index contributed by atoms with van der Waals surface area (Å²) in [6.07, 6.45) is -1.62. The van der Waals surface area contributed by atoms with Crippen LogP contribution in [0.5, 0.6) is 17.2 Å². The monoisotopic (exact) mass is 768 g/mol. The van der Waals surface area contributed by atoms with Crippen LogP contribution in [0.15, 0.2) is 91.3 Å². The minimum atomic E-state index is -4.51. The second-order valence-electron chi connectivity index (χ2n) is 9.77. The summed E-state index contributed by atoms with van der Waals surface area (Å²) in [5.74, 6) is 0.760. The van der Waals surface area contributed by atoms with Crippen LogP contribution in [0.25, 0.3) is 45.4 Å². The third-order valence-electron chi connectivity index (χ3n) is 6.42. The average Bonchev–Trinajstić information content (AvgIpc) is 3.62. The second kappa shape index (κ2) is 16.8. The van der Waals surface area contributed by atoms with Crippen LogP contribution in [0.4, 0.5) is 13.2 Å². The molecule has 0 aliphatic rings. The number of hydrogen-bond donors (Lipinski definition) is 0. The summed E-state index contributed by atoms with van der Waals surface area (Å²) < 4.78 is 52.3. The predicted molar refractivity (Wildman–Crippen MR) is 166 cm³/mol. The zero-order valence-electron chi connectivity index (χ0n) is 25.5. The van der Waals surface area contributed by atoms with Crippen molar-refractivity contribution in [3.05, 3.63) is 109 Å². The fourth-order valence-electron chi connectivity index (χ4n) is 4.20. The number of pyridine rings is 4. The van der Waals surface area contributed by atoms with Crippen LogP contribution in [-0.2, 0) is 40.0 Å². The van der Waals surface area contributed by atoms with Gasteiger partial charge in [0.2, 0.25) is 0 Å². The van der Waals surface area contributed by atoms with E-state index in [0.717, 1.165) is 17.2 Å². The molecule has 0 atom stereocenters. The van der Waals surface area contributed by atoms with Crippen LogP contribution in [0.2, 0.25) is 0 Å². The minimum absolute atomic E-state index is 0. The summed E-state index contributed by atoms with van der Waals surface area (Å²) in [6.45, 7) is 2.82. The van der Waals surface area contributed by atoms with Gasteiger partial charge in [0.15, 0.2) is 0 Å². The van der Waals surface area contributed by atoms with Crippen LogP contribution in [0.1, 0.15) is 11.3 Å². The number of aryl methyl sites for hydroxylation is 1. The van der Waals surface area contributed by atoms with Crippen LogP contribution in [0.3, 0.4) is 0 Å². The van der Waals surface area contributed by atoms with Gasteiger partial charge in [-0.1, -0.05) is 24.8 Å². The molecule has 0 spiro atoms. The first-order valence-corrected chi connectivity index (χ1v) is 14.0. The topological polar surface area (TPSA) is 157 Å². The van der Waals surface area contributed by atoms with E-state index in [2.05, 4.69) is 36.2 Å². The van der Waals surface area contributed by atoms with Crippen molar-refractivity contribution in [2.24, 2.45) is 0 Å². The van der Waals surface area contributed by atoms with Crippen LogP contribution in [0, 0.1) is 13.0 Å². The van der Waals surface area contributed by atoms with Gasteiger partial charge in [-0.15, -0.1) is 35.4 Å². The molecular formula is C34H21F3N6O6Ru. The number of hydrogen-bond acceptors (Lipinski definition) is 11. The number of rotatable bonds is 10. The van der Waals surface area contributed by atoms with Crippen molar-refractivity contribution < 1.29 is 61.2 Å². The standard InChI is InChI=1S/C18H11N3O6.C16H10F3N3.Ru/c22-9-25-12-1-3-19-15(5-12)17-7-14(27-11-24)8-18(21-17)16-6-13(26-10-23)2-4-20-16;1-10-5-7-11(8-6-10)12-3-2-4-13(20-12)14-9-15(22-21-14)16(17,18)19;/h1-11H;2-7,9H,1H3;/q;-2;+2.